The van der Waals surface area contributed by atoms with E-state index in [1.165, 1.54) is 0 Å². The van der Waals surface area contributed by atoms with Crippen molar-refractivity contribution < 1.29 is 4.74 Å². The molecular weight excluding hydrogens is 230 g/mol. The first-order valence-electron chi connectivity index (χ1n) is 5.93. The van der Waals surface area contributed by atoms with Gasteiger partial charge in [0, 0.05) is 11.3 Å². The predicted octanol–water partition coefficient (Wildman–Crippen LogP) is 2.30. The maximum absolute atomic E-state index is 5.09. The van der Waals surface area contributed by atoms with Gasteiger partial charge < -0.3 is 4.74 Å². The van der Waals surface area contributed by atoms with Crippen LogP contribution >= 0.6 is 0 Å². The first-order chi connectivity index (χ1) is 8.30. The van der Waals surface area contributed by atoms with Gasteiger partial charge in [0.15, 0.2) is 5.82 Å². The highest BCUT2D eigenvalue weighted by Crippen LogP contribution is 2.22. The molecule has 1 N–H and O–H groups in total. The summed E-state index contributed by atoms with van der Waals surface area (Å²) in [6.07, 6.45) is 0. The fourth-order valence-corrected chi connectivity index (χ4v) is 1.17. The minimum Gasteiger partial charge on any atom is -0.472 e. The summed E-state index contributed by atoms with van der Waals surface area (Å²) in [6, 6.07) is 0. The van der Waals surface area contributed by atoms with Gasteiger partial charge in [-0.25, -0.2) is 4.99 Å². The molecule has 0 atom stereocenters. The van der Waals surface area contributed by atoms with Crippen molar-refractivity contribution in [3.8, 4) is 0 Å². The lowest BCUT2D eigenvalue weighted by Gasteiger charge is -2.15. The number of aliphatic imine (C=N–C) groups is 1. The summed E-state index contributed by atoms with van der Waals surface area (Å²) < 4.78 is 5.09. The van der Waals surface area contributed by atoms with Crippen LogP contribution in [0.15, 0.2) is 17.5 Å². The quantitative estimate of drug-likeness (QED) is 0.830. The van der Waals surface area contributed by atoms with Gasteiger partial charge in [0.25, 0.3) is 0 Å². The van der Waals surface area contributed by atoms with E-state index < -0.39 is 0 Å². The molecular formula is C12H21N5O. The zero-order chi connectivity index (χ0) is 13.8. The highest BCUT2D eigenvalue weighted by molar-refractivity contribution is 5.92. The van der Waals surface area contributed by atoms with E-state index in [0.717, 1.165) is 11.5 Å². The molecule has 0 amide bonds. The average molecular weight is 251 g/mol. The van der Waals surface area contributed by atoms with Gasteiger partial charge in [0.2, 0.25) is 5.88 Å². The molecule has 1 aromatic heterocycles. The molecule has 0 aromatic carbocycles. The lowest BCUT2D eigenvalue weighted by atomic mass is 9.91. The van der Waals surface area contributed by atoms with Gasteiger partial charge in [-0.3, -0.25) is 0 Å². The number of aromatic amines is 1. The normalized spacial score (nSPS) is 15.0. The molecule has 0 unspecified atom stereocenters. The number of H-pyrrole nitrogens is 1. The van der Waals surface area contributed by atoms with E-state index >= 15 is 0 Å². The first kappa shape index (κ1) is 14.3. The van der Waals surface area contributed by atoms with E-state index in [-0.39, 0.29) is 5.41 Å². The van der Waals surface area contributed by atoms with Crippen LogP contribution in [0.5, 0.6) is 0 Å². The number of hydrogen-bond donors (Lipinski definition) is 1. The van der Waals surface area contributed by atoms with Gasteiger partial charge in [-0.1, -0.05) is 39.8 Å². The second-order valence-electron chi connectivity index (χ2n) is 5.42. The molecule has 0 radical (unpaired) electrons. The van der Waals surface area contributed by atoms with Crippen molar-refractivity contribution in [3.05, 3.63) is 18.3 Å². The fourth-order valence-electron chi connectivity index (χ4n) is 1.17. The molecule has 6 heteroatoms. The Morgan fingerprint density at radius 3 is 2.22 bits per heavy atom. The van der Waals surface area contributed by atoms with E-state index in [9.17, 15) is 0 Å². The second-order valence-corrected chi connectivity index (χ2v) is 5.42. The Morgan fingerprint density at radius 2 is 2.00 bits per heavy atom. The Morgan fingerprint density at radius 1 is 1.33 bits per heavy atom. The highest BCUT2D eigenvalue weighted by atomic mass is 16.5. The Bertz CT molecular complexity index is 414. The summed E-state index contributed by atoms with van der Waals surface area (Å²) in [5, 5.41) is 13.3. The number of nitrogens with zero attached hydrogens (tertiary/aromatic N) is 4. The zero-order valence-corrected chi connectivity index (χ0v) is 11.7. The number of hydrogen-bond acceptors (Lipinski definition) is 5. The number of aromatic nitrogens is 4. The Labute approximate surface area is 108 Å². The Kier molecular flexibility index (Phi) is 4.58. The molecule has 100 valence electrons. The summed E-state index contributed by atoms with van der Waals surface area (Å²) in [6.45, 7) is 14.6. The third-order valence-corrected chi connectivity index (χ3v) is 2.38. The van der Waals surface area contributed by atoms with E-state index in [1.54, 1.807) is 0 Å². The Hall–Kier alpha value is -1.72. The van der Waals surface area contributed by atoms with E-state index in [0.29, 0.717) is 18.4 Å². The van der Waals surface area contributed by atoms with Crippen LogP contribution in [0, 0.1) is 5.41 Å². The lowest BCUT2D eigenvalue weighted by Crippen LogP contribution is -2.21. The van der Waals surface area contributed by atoms with Gasteiger partial charge in [-0.15, -0.1) is 10.2 Å². The highest BCUT2D eigenvalue weighted by Gasteiger charge is 2.23. The van der Waals surface area contributed by atoms with E-state index in [1.807, 2.05) is 13.8 Å². The van der Waals surface area contributed by atoms with Crippen LogP contribution in [-0.4, -0.2) is 32.9 Å². The maximum atomic E-state index is 5.09. The lowest BCUT2D eigenvalue weighted by molar-refractivity contribution is 0.274. The molecule has 2 rings (SSSR count). The van der Waals surface area contributed by atoms with Crippen LogP contribution in [0.3, 0.4) is 0 Å². The standard InChI is InChI=1S/C8H13NO.C4H8N4/c1-6-9-7(5-10-6)8(2,3)4;1-3(2)4-5-7-8-6-4/h1,5H2,2-4H3;3H,1-2H3,(H,5,6,7,8). The zero-order valence-electron chi connectivity index (χ0n) is 11.7. The molecule has 0 saturated heterocycles. The molecule has 2 heterocycles. The Balaban J connectivity index is 0.000000184. The summed E-state index contributed by atoms with van der Waals surface area (Å²) in [5.41, 5.74) is 1.21. The van der Waals surface area contributed by atoms with Crippen LogP contribution in [0.25, 0.3) is 0 Å². The minimum absolute atomic E-state index is 0.124. The van der Waals surface area contributed by atoms with Crippen molar-refractivity contribution in [3.63, 3.8) is 0 Å². The molecule has 6 nitrogen and oxygen atoms in total. The van der Waals surface area contributed by atoms with Crippen molar-refractivity contribution >= 4 is 5.71 Å². The molecule has 1 aliphatic heterocycles. The number of tetrazole rings is 1. The van der Waals surface area contributed by atoms with Gasteiger partial charge >= 0.3 is 0 Å². The van der Waals surface area contributed by atoms with Crippen LogP contribution in [-0.2, 0) is 4.74 Å². The average Bonchev–Trinajstić information content (AvgIpc) is 2.86. The number of rotatable bonds is 1. The summed E-state index contributed by atoms with van der Waals surface area (Å²) in [5.74, 6) is 1.68. The van der Waals surface area contributed by atoms with Crippen molar-refractivity contribution in [2.24, 2.45) is 10.4 Å². The van der Waals surface area contributed by atoms with Gasteiger partial charge in [-0.2, -0.15) is 5.21 Å². The van der Waals surface area contributed by atoms with Crippen LogP contribution in [0.4, 0.5) is 0 Å². The maximum Gasteiger partial charge on any atom is 0.206 e. The monoisotopic (exact) mass is 251 g/mol. The molecule has 0 saturated carbocycles. The van der Waals surface area contributed by atoms with Gasteiger partial charge in [0.1, 0.15) is 6.61 Å². The number of nitrogens with one attached hydrogen (secondary N) is 1. The van der Waals surface area contributed by atoms with Gasteiger partial charge in [-0.05, 0) is 6.58 Å². The summed E-state index contributed by atoms with van der Waals surface area (Å²) in [4.78, 5) is 4.16. The molecule has 0 fully saturated rings. The van der Waals surface area contributed by atoms with E-state index in [2.05, 4.69) is 53.0 Å². The SMILES string of the molecule is C=C1N=C(C(C)(C)C)CO1.CC(C)c1nn[nH]n1. The first-order valence-corrected chi connectivity index (χ1v) is 5.93. The third kappa shape index (κ3) is 4.27. The largest absolute Gasteiger partial charge is 0.472 e. The van der Waals surface area contributed by atoms with Gasteiger partial charge in [0.05, 0.1) is 5.71 Å². The van der Waals surface area contributed by atoms with Crippen molar-refractivity contribution in [1.82, 2.24) is 20.6 Å². The topological polar surface area (TPSA) is 76.1 Å². The third-order valence-electron chi connectivity index (χ3n) is 2.38. The fraction of sp³-hybridized carbons (Fsp3) is 0.667. The molecule has 18 heavy (non-hydrogen) atoms. The van der Waals surface area contributed by atoms with E-state index in [4.69, 9.17) is 4.74 Å². The summed E-state index contributed by atoms with van der Waals surface area (Å²) >= 11 is 0. The molecule has 0 bridgehead atoms. The van der Waals surface area contributed by atoms with Crippen LogP contribution < -0.4 is 0 Å². The molecule has 1 aromatic rings. The molecule has 0 spiro atoms. The predicted molar refractivity (Wildman–Crippen MR) is 70.2 cm³/mol. The van der Waals surface area contributed by atoms with Crippen molar-refractivity contribution in [2.75, 3.05) is 6.61 Å². The number of ether oxygens (including phenoxy) is 1. The van der Waals surface area contributed by atoms with Crippen molar-refractivity contribution in [2.45, 2.75) is 40.5 Å². The van der Waals surface area contributed by atoms with Crippen LogP contribution in [0.2, 0.25) is 0 Å². The molecule has 0 aliphatic carbocycles. The second kappa shape index (κ2) is 5.75. The van der Waals surface area contributed by atoms with Crippen LogP contribution in [0.1, 0.15) is 46.4 Å². The minimum atomic E-state index is 0.124. The van der Waals surface area contributed by atoms with Crippen molar-refractivity contribution in [1.29, 1.82) is 0 Å². The smallest absolute Gasteiger partial charge is 0.206 e. The molecule has 1 aliphatic rings. The summed E-state index contributed by atoms with van der Waals surface area (Å²) in [7, 11) is 0.